The zero-order valence-electron chi connectivity index (χ0n) is 11.9. The van der Waals surface area contributed by atoms with E-state index in [-0.39, 0.29) is 0 Å². The lowest BCUT2D eigenvalue weighted by Crippen LogP contribution is -2.21. The van der Waals surface area contributed by atoms with E-state index >= 15 is 0 Å². The Morgan fingerprint density at radius 2 is 1.84 bits per heavy atom. The highest BCUT2D eigenvalue weighted by Crippen LogP contribution is 2.29. The van der Waals surface area contributed by atoms with Gasteiger partial charge in [-0.05, 0) is 38.5 Å². The summed E-state index contributed by atoms with van der Waals surface area (Å²) in [5.74, 6) is 0.972. The molecule has 0 spiro atoms. The van der Waals surface area contributed by atoms with Crippen LogP contribution in [-0.2, 0) is 6.54 Å². The Morgan fingerprint density at radius 1 is 1.11 bits per heavy atom. The predicted octanol–water partition coefficient (Wildman–Crippen LogP) is 3.32. The summed E-state index contributed by atoms with van der Waals surface area (Å²) >= 11 is 0. The largest absolute Gasteiger partial charge is 0.326 e. The van der Waals surface area contributed by atoms with Gasteiger partial charge in [-0.1, -0.05) is 24.3 Å². The van der Waals surface area contributed by atoms with Crippen LogP contribution in [-0.4, -0.2) is 11.5 Å². The fraction of sp³-hybridized carbons (Fsp3) is 0.312. The van der Waals surface area contributed by atoms with Crippen LogP contribution in [0.3, 0.4) is 0 Å². The Labute approximate surface area is 115 Å². The summed E-state index contributed by atoms with van der Waals surface area (Å²) < 4.78 is 0. The molecule has 2 aromatic rings. The van der Waals surface area contributed by atoms with Crippen LogP contribution in [0.15, 0.2) is 36.4 Å². The molecule has 2 rings (SSSR count). The van der Waals surface area contributed by atoms with Gasteiger partial charge in [0.1, 0.15) is 5.82 Å². The van der Waals surface area contributed by atoms with E-state index in [1.807, 2.05) is 13.0 Å². The highest BCUT2D eigenvalue weighted by Gasteiger charge is 2.14. The number of nitrogens with two attached hydrogens (primary N) is 1. The molecule has 1 heterocycles. The molecule has 1 aromatic carbocycles. The molecule has 0 aliphatic heterocycles. The van der Waals surface area contributed by atoms with Crippen molar-refractivity contribution < 1.29 is 0 Å². The van der Waals surface area contributed by atoms with E-state index in [1.165, 1.54) is 11.3 Å². The van der Waals surface area contributed by atoms with Gasteiger partial charge in [0, 0.05) is 30.0 Å². The van der Waals surface area contributed by atoms with Crippen LogP contribution in [0.1, 0.15) is 23.7 Å². The molecule has 1 aromatic heterocycles. The molecule has 3 heteroatoms. The topological polar surface area (TPSA) is 42.2 Å². The number of nitrogens with zero attached hydrogens (tertiary/aromatic N) is 2. The molecule has 0 aliphatic carbocycles. The van der Waals surface area contributed by atoms with Crippen molar-refractivity contribution in [2.24, 2.45) is 5.73 Å². The third-order valence-electron chi connectivity index (χ3n) is 3.29. The van der Waals surface area contributed by atoms with Crippen molar-refractivity contribution in [3.05, 3.63) is 53.2 Å². The number of aromatic nitrogens is 1. The van der Waals surface area contributed by atoms with Crippen molar-refractivity contribution in [1.82, 2.24) is 4.98 Å². The van der Waals surface area contributed by atoms with Gasteiger partial charge in [0.05, 0.1) is 0 Å². The first-order chi connectivity index (χ1) is 9.17. The number of hydrogen-bond acceptors (Lipinski definition) is 3. The smallest absolute Gasteiger partial charge is 0.137 e. The van der Waals surface area contributed by atoms with Crippen molar-refractivity contribution in [3.8, 4) is 0 Å². The minimum atomic E-state index is 0.505. The van der Waals surface area contributed by atoms with Gasteiger partial charge < -0.3 is 10.6 Å². The molecule has 0 aliphatic rings. The second kappa shape index (κ2) is 5.85. The Balaban J connectivity index is 2.54. The predicted molar refractivity (Wildman–Crippen MR) is 80.7 cm³/mol. The molecule has 0 fully saturated rings. The normalized spacial score (nSPS) is 10.5. The maximum Gasteiger partial charge on any atom is 0.137 e. The summed E-state index contributed by atoms with van der Waals surface area (Å²) in [6, 6.07) is 12.4. The molecule has 19 heavy (non-hydrogen) atoms. The molecule has 0 amide bonds. The lowest BCUT2D eigenvalue weighted by molar-refractivity contribution is 0.934. The molecule has 3 nitrogen and oxygen atoms in total. The second-order valence-corrected chi connectivity index (χ2v) is 4.67. The quantitative estimate of drug-likeness (QED) is 0.911. The SMILES string of the molecule is CCN(c1ccccc1C)c1nc(C)ccc1CN. The van der Waals surface area contributed by atoms with Crippen LogP contribution in [0, 0.1) is 13.8 Å². The van der Waals surface area contributed by atoms with Gasteiger partial charge in [0.2, 0.25) is 0 Å². The zero-order valence-corrected chi connectivity index (χ0v) is 11.9. The van der Waals surface area contributed by atoms with Crippen LogP contribution in [0.5, 0.6) is 0 Å². The first-order valence-corrected chi connectivity index (χ1v) is 6.67. The Morgan fingerprint density at radius 3 is 2.47 bits per heavy atom. The number of hydrogen-bond donors (Lipinski definition) is 1. The average Bonchev–Trinajstić information content (AvgIpc) is 2.42. The van der Waals surface area contributed by atoms with E-state index in [9.17, 15) is 0 Å². The molecule has 0 radical (unpaired) electrons. The molecule has 2 N–H and O–H groups in total. The third kappa shape index (κ3) is 2.76. The molecule has 0 atom stereocenters. The van der Waals surface area contributed by atoms with Gasteiger partial charge in [0.25, 0.3) is 0 Å². The summed E-state index contributed by atoms with van der Waals surface area (Å²) in [7, 11) is 0. The minimum Gasteiger partial charge on any atom is -0.326 e. The number of para-hydroxylation sites is 1. The van der Waals surface area contributed by atoms with Gasteiger partial charge >= 0.3 is 0 Å². The Kier molecular flexibility index (Phi) is 4.17. The summed E-state index contributed by atoms with van der Waals surface area (Å²) in [6.45, 7) is 7.64. The minimum absolute atomic E-state index is 0.505. The van der Waals surface area contributed by atoms with Crippen molar-refractivity contribution in [2.75, 3.05) is 11.4 Å². The summed E-state index contributed by atoms with van der Waals surface area (Å²) in [5.41, 5.74) is 10.4. The lowest BCUT2D eigenvalue weighted by atomic mass is 10.1. The summed E-state index contributed by atoms with van der Waals surface area (Å²) in [5, 5.41) is 0. The van der Waals surface area contributed by atoms with Gasteiger partial charge in [-0.2, -0.15) is 0 Å². The lowest BCUT2D eigenvalue weighted by Gasteiger charge is -2.26. The van der Waals surface area contributed by atoms with Crippen molar-refractivity contribution in [3.63, 3.8) is 0 Å². The maximum absolute atomic E-state index is 5.84. The van der Waals surface area contributed by atoms with Crippen LogP contribution in [0.2, 0.25) is 0 Å². The molecule has 0 saturated carbocycles. The fourth-order valence-corrected chi connectivity index (χ4v) is 2.27. The van der Waals surface area contributed by atoms with E-state index in [2.05, 4.69) is 54.1 Å². The highest BCUT2D eigenvalue weighted by atomic mass is 15.2. The van der Waals surface area contributed by atoms with Crippen molar-refractivity contribution >= 4 is 11.5 Å². The zero-order chi connectivity index (χ0) is 13.8. The first kappa shape index (κ1) is 13.6. The van der Waals surface area contributed by atoms with Crippen LogP contribution in [0.4, 0.5) is 11.5 Å². The third-order valence-corrected chi connectivity index (χ3v) is 3.29. The standard InChI is InChI=1S/C16H21N3/c1-4-19(15-8-6-5-7-12(15)2)16-14(11-17)10-9-13(3)18-16/h5-10H,4,11,17H2,1-3H3. The van der Waals surface area contributed by atoms with E-state index in [4.69, 9.17) is 5.73 Å². The number of rotatable bonds is 4. The van der Waals surface area contributed by atoms with E-state index in [0.717, 1.165) is 23.6 Å². The van der Waals surface area contributed by atoms with Crippen molar-refractivity contribution in [1.29, 1.82) is 0 Å². The van der Waals surface area contributed by atoms with E-state index in [1.54, 1.807) is 0 Å². The highest BCUT2D eigenvalue weighted by molar-refractivity contribution is 5.66. The Hall–Kier alpha value is -1.87. The van der Waals surface area contributed by atoms with Gasteiger partial charge in [-0.15, -0.1) is 0 Å². The monoisotopic (exact) mass is 255 g/mol. The Bertz CT molecular complexity index is 564. The summed E-state index contributed by atoms with van der Waals surface area (Å²) in [4.78, 5) is 6.91. The van der Waals surface area contributed by atoms with Crippen molar-refractivity contribution in [2.45, 2.75) is 27.3 Å². The van der Waals surface area contributed by atoms with Crippen LogP contribution < -0.4 is 10.6 Å². The fourth-order valence-electron chi connectivity index (χ4n) is 2.27. The number of anilines is 2. The second-order valence-electron chi connectivity index (χ2n) is 4.67. The summed E-state index contributed by atoms with van der Waals surface area (Å²) in [6.07, 6.45) is 0. The van der Waals surface area contributed by atoms with Gasteiger partial charge in [-0.25, -0.2) is 4.98 Å². The molecular weight excluding hydrogens is 234 g/mol. The van der Waals surface area contributed by atoms with Crippen LogP contribution >= 0.6 is 0 Å². The molecule has 0 unspecified atom stereocenters. The average molecular weight is 255 g/mol. The number of pyridine rings is 1. The van der Waals surface area contributed by atoms with E-state index < -0.39 is 0 Å². The van der Waals surface area contributed by atoms with E-state index in [0.29, 0.717) is 6.54 Å². The molecule has 0 bridgehead atoms. The maximum atomic E-state index is 5.84. The molecule has 0 saturated heterocycles. The number of aryl methyl sites for hydroxylation is 2. The molecular formula is C16H21N3. The van der Waals surface area contributed by atoms with Gasteiger partial charge in [0.15, 0.2) is 0 Å². The molecule has 100 valence electrons. The number of benzene rings is 1. The van der Waals surface area contributed by atoms with Gasteiger partial charge in [-0.3, -0.25) is 0 Å². The first-order valence-electron chi connectivity index (χ1n) is 6.67. The van der Waals surface area contributed by atoms with Crippen LogP contribution in [0.25, 0.3) is 0 Å².